The number of aromatic nitrogens is 2. The van der Waals surface area contributed by atoms with Gasteiger partial charge < -0.3 is 9.88 Å². The Labute approximate surface area is 152 Å². The molecule has 3 N–H and O–H groups in total. The molecule has 1 aliphatic heterocycles. The lowest BCUT2D eigenvalue weighted by atomic mass is 9.95. The lowest BCUT2D eigenvalue weighted by Gasteiger charge is -2.20. The van der Waals surface area contributed by atoms with Crippen molar-refractivity contribution in [1.82, 2.24) is 25.7 Å². The molecule has 1 amide bonds. The third-order valence-electron chi connectivity index (χ3n) is 5.13. The number of carbonyl (C=O) groups excluding carboxylic acids is 1. The SMILES string of the molecule is Cc1cn(CC(=O)NC2NNC(c3ccncc3)C2C)c2ccccc12. The third kappa shape index (κ3) is 3.09. The summed E-state index contributed by atoms with van der Waals surface area (Å²) in [5.41, 5.74) is 9.90. The molecular weight excluding hydrogens is 326 g/mol. The molecule has 6 nitrogen and oxygen atoms in total. The van der Waals surface area contributed by atoms with Crippen LogP contribution < -0.4 is 16.2 Å². The Morgan fingerprint density at radius 2 is 1.96 bits per heavy atom. The summed E-state index contributed by atoms with van der Waals surface area (Å²) in [6.45, 7) is 4.50. The monoisotopic (exact) mass is 349 g/mol. The van der Waals surface area contributed by atoms with Gasteiger partial charge in [0.2, 0.25) is 5.91 Å². The van der Waals surface area contributed by atoms with E-state index in [2.05, 4.69) is 41.1 Å². The van der Waals surface area contributed by atoms with Crippen molar-refractivity contribution in [2.75, 3.05) is 0 Å². The molecule has 3 aromatic rings. The molecule has 1 saturated heterocycles. The number of pyridine rings is 1. The van der Waals surface area contributed by atoms with Crippen LogP contribution in [0.3, 0.4) is 0 Å². The average molecular weight is 349 g/mol. The van der Waals surface area contributed by atoms with E-state index in [0.717, 1.165) is 11.1 Å². The summed E-state index contributed by atoms with van der Waals surface area (Å²) in [5.74, 6) is 0.205. The molecule has 0 saturated carbocycles. The van der Waals surface area contributed by atoms with Crippen molar-refractivity contribution in [3.63, 3.8) is 0 Å². The number of aryl methyl sites for hydroxylation is 1. The van der Waals surface area contributed by atoms with Gasteiger partial charge in [0.15, 0.2) is 0 Å². The minimum absolute atomic E-state index is 0.00715. The molecule has 3 heterocycles. The standard InChI is InChI=1S/C20H23N5O/c1-13-11-25(17-6-4-3-5-16(13)17)12-18(26)22-20-14(2)19(23-24-20)15-7-9-21-10-8-15/h3-11,14,19-20,23-24H,12H2,1-2H3,(H,22,26). The van der Waals surface area contributed by atoms with Gasteiger partial charge in [0.1, 0.15) is 6.54 Å². The van der Waals surface area contributed by atoms with Crippen molar-refractivity contribution in [2.45, 2.75) is 32.6 Å². The second-order valence-electron chi connectivity index (χ2n) is 6.91. The van der Waals surface area contributed by atoms with Crippen LogP contribution in [0.2, 0.25) is 0 Å². The predicted molar refractivity (Wildman–Crippen MR) is 101 cm³/mol. The molecule has 6 heteroatoms. The Balaban J connectivity index is 1.44. The first kappa shape index (κ1) is 16.8. The number of para-hydroxylation sites is 1. The molecule has 0 bridgehead atoms. The summed E-state index contributed by atoms with van der Waals surface area (Å²) < 4.78 is 2.01. The molecule has 134 valence electrons. The van der Waals surface area contributed by atoms with Gasteiger partial charge in [0.25, 0.3) is 0 Å². The van der Waals surface area contributed by atoms with E-state index < -0.39 is 0 Å². The zero-order valence-corrected chi connectivity index (χ0v) is 14.9. The van der Waals surface area contributed by atoms with Gasteiger partial charge in [-0.2, -0.15) is 0 Å². The summed E-state index contributed by atoms with van der Waals surface area (Å²) in [4.78, 5) is 16.7. The largest absolute Gasteiger partial charge is 0.338 e. The van der Waals surface area contributed by atoms with Crippen molar-refractivity contribution >= 4 is 16.8 Å². The Kier molecular flexibility index (Phi) is 4.44. The van der Waals surface area contributed by atoms with Crippen LogP contribution in [0.25, 0.3) is 10.9 Å². The van der Waals surface area contributed by atoms with Crippen LogP contribution >= 0.6 is 0 Å². The maximum Gasteiger partial charge on any atom is 0.241 e. The molecule has 26 heavy (non-hydrogen) atoms. The second-order valence-corrected chi connectivity index (χ2v) is 6.91. The van der Waals surface area contributed by atoms with E-state index in [0.29, 0.717) is 6.54 Å². The fourth-order valence-corrected chi connectivity index (χ4v) is 3.70. The van der Waals surface area contributed by atoms with Crippen molar-refractivity contribution in [1.29, 1.82) is 0 Å². The van der Waals surface area contributed by atoms with Gasteiger partial charge in [-0.25, -0.2) is 10.9 Å². The van der Waals surface area contributed by atoms with Crippen molar-refractivity contribution in [3.8, 4) is 0 Å². The molecule has 1 fully saturated rings. The lowest BCUT2D eigenvalue weighted by Crippen LogP contribution is -2.47. The van der Waals surface area contributed by atoms with Gasteiger partial charge in [-0.3, -0.25) is 9.78 Å². The molecule has 1 aliphatic rings. The number of nitrogens with zero attached hydrogens (tertiary/aromatic N) is 2. The van der Waals surface area contributed by atoms with Crippen LogP contribution in [0.1, 0.15) is 24.1 Å². The molecule has 0 radical (unpaired) electrons. The number of hydrogen-bond acceptors (Lipinski definition) is 4. The van der Waals surface area contributed by atoms with E-state index in [-0.39, 0.29) is 24.0 Å². The van der Waals surface area contributed by atoms with Gasteiger partial charge >= 0.3 is 0 Å². The molecule has 3 atom stereocenters. The van der Waals surface area contributed by atoms with Crippen LogP contribution in [0.4, 0.5) is 0 Å². The Hall–Kier alpha value is -2.70. The fraction of sp³-hybridized carbons (Fsp3) is 0.300. The summed E-state index contributed by atoms with van der Waals surface area (Å²) in [7, 11) is 0. The van der Waals surface area contributed by atoms with Crippen LogP contribution in [0.5, 0.6) is 0 Å². The highest BCUT2D eigenvalue weighted by molar-refractivity contribution is 5.86. The molecule has 0 aliphatic carbocycles. The summed E-state index contributed by atoms with van der Waals surface area (Å²) >= 11 is 0. The fourth-order valence-electron chi connectivity index (χ4n) is 3.70. The van der Waals surface area contributed by atoms with E-state index in [9.17, 15) is 4.79 Å². The van der Waals surface area contributed by atoms with E-state index in [1.165, 1.54) is 10.9 Å². The smallest absolute Gasteiger partial charge is 0.241 e. The molecule has 4 rings (SSSR count). The first-order valence-electron chi connectivity index (χ1n) is 8.88. The van der Waals surface area contributed by atoms with Gasteiger partial charge in [0, 0.05) is 35.4 Å². The molecule has 0 spiro atoms. The molecule has 3 unspecified atom stereocenters. The molecule has 2 aromatic heterocycles. The minimum atomic E-state index is -0.122. The van der Waals surface area contributed by atoms with Crippen LogP contribution in [0, 0.1) is 12.8 Å². The first-order valence-corrected chi connectivity index (χ1v) is 8.88. The highest BCUT2D eigenvalue weighted by Crippen LogP contribution is 2.27. The summed E-state index contributed by atoms with van der Waals surface area (Å²) in [5, 5.41) is 4.29. The third-order valence-corrected chi connectivity index (χ3v) is 5.13. The highest BCUT2D eigenvalue weighted by atomic mass is 16.2. The highest BCUT2D eigenvalue weighted by Gasteiger charge is 2.34. The number of hydrazine groups is 1. The van der Waals surface area contributed by atoms with E-state index in [1.54, 1.807) is 12.4 Å². The average Bonchev–Trinajstić information content (AvgIpc) is 3.17. The summed E-state index contributed by atoms with van der Waals surface area (Å²) in [6.07, 6.45) is 5.49. The van der Waals surface area contributed by atoms with Gasteiger partial charge in [-0.15, -0.1) is 0 Å². The lowest BCUT2D eigenvalue weighted by molar-refractivity contribution is -0.122. The Morgan fingerprint density at radius 3 is 2.77 bits per heavy atom. The number of hydrogen-bond donors (Lipinski definition) is 3. The van der Waals surface area contributed by atoms with Crippen LogP contribution in [0.15, 0.2) is 55.0 Å². The second kappa shape index (κ2) is 6.90. The zero-order chi connectivity index (χ0) is 18.1. The minimum Gasteiger partial charge on any atom is -0.338 e. The van der Waals surface area contributed by atoms with E-state index >= 15 is 0 Å². The van der Waals surface area contributed by atoms with Gasteiger partial charge in [0.05, 0.1) is 12.2 Å². The van der Waals surface area contributed by atoms with Crippen LogP contribution in [-0.2, 0) is 11.3 Å². The maximum absolute atomic E-state index is 12.6. The molecule has 1 aromatic carbocycles. The van der Waals surface area contributed by atoms with E-state index in [1.807, 2.05) is 41.1 Å². The first-order chi connectivity index (χ1) is 12.6. The topological polar surface area (TPSA) is 71.0 Å². The Morgan fingerprint density at radius 1 is 1.19 bits per heavy atom. The number of rotatable bonds is 4. The number of carbonyl (C=O) groups is 1. The maximum atomic E-state index is 12.6. The molecular formula is C20H23N5O. The van der Waals surface area contributed by atoms with Crippen molar-refractivity contribution in [3.05, 3.63) is 66.1 Å². The number of nitrogens with one attached hydrogen (secondary N) is 3. The van der Waals surface area contributed by atoms with Crippen molar-refractivity contribution < 1.29 is 4.79 Å². The number of benzene rings is 1. The van der Waals surface area contributed by atoms with Gasteiger partial charge in [-0.1, -0.05) is 25.1 Å². The number of fused-ring (bicyclic) bond motifs is 1. The zero-order valence-electron chi connectivity index (χ0n) is 14.9. The van der Waals surface area contributed by atoms with Gasteiger partial charge in [-0.05, 0) is 36.2 Å². The quantitative estimate of drug-likeness (QED) is 0.676. The normalized spacial score (nSPS) is 22.6. The Bertz CT molecular complexity index is 920. The van der Waals surface area contributed by atoms with E-state index in [4.69, 9.17) is 0 Å². The summed E-state index contributed by atoms with van der Waals surface area (Å²) in [6, 6.07) is 12.3. The predicted octanol–water partition coefficient (Wildman–Crippen LogP) is 2.27. The number of amides is 1. The van der Waals surface area contributed by atoms with Crippen molar-refractivity contribution in [2.24, 2.45) is 5.92 Å². The van der Waals surface area contributed by atoms with Crippen LogP contribution in [-0.4, -0.2) is 21.6 Å².